The maximum absolute atomic E-state index is 12.5. The van der Waals surface area contributed by atoms with Gasteiger partial charge in [0.05, 0.1) is 17.5 Å². The van der Waals surface area contributed by atoms with Crippen LogP contribution in [0.3, 0.4) is 0 Å². The molecule has 0 radical (unpaired) electrons. The third kappa shape index (κ3) is 4.39. The molecular formula is C22H24N2O4S2. The molecule has 2 atom stereocenters. The number of sulfone groups is 1. The number of rotatable bonds is 5. The summed E-state index contributed by atoms with van der Waals surface area (Å²) in [6, 6.07) is 16.8. The summed E-state index contributed by atoms with van der Waals surface area (Å²) >= 11 is 1.38. The number of anilines is 1. The van der Waals surface area contributed by atoms with E-state index in [1.807, 2.05) is 47.4 Å². The summed E-state index contributed by atoms with van der Waals surface area (Å²) in [6.07, 6.45) is 0. The Hall–Kier alpha value is -2.32. The normalized spacial score (nSPS) is 23.7. The number of aliphatic imine (C=N–C) groups is 1. The number of ether oxygens (including phenoxy) is 1. The molecule has 0 bridgehead atoms. The van der Waals surface area contributed by atoms with Gasteiger partial charge in [0.25, 0.3) is 5.91 Å². The second-order valence-corrected chi connectivity index (χ2v) is 11.1. The minimum absolute atomic E-state index is 0.0742. The lowest BCUT2D eigenvalue weighted by Gasteiger charge is -2.28. The van der Waals surface area contributed by atoms with Crippen LogP contribution in [0.15, 0.2) is 59.6 Å². The van der Waals surface area contributed by atoms with E-state index in [-0.39, 0.29) is 35.3 Å². The lowest BCUT2D eigenvalue weighted by Crippen LogP contribution is -2.38. The van der Waals surface area contributed by atoms with E-state index in [1.54, 1.807) is 12.1 Å². The molecule has 1 amide bonds. The molecule has 158 valence electrons. The van der Waals surface area contributed by atoms with Crippen LogP contribution in [0.1, 0.15) is 25.3 Å². The number of amidine groups is 1. The highest BCUT2D eigenvalue weighted by molar-refractivity contribution is 8.16. The quantitative estimate of drug-likeness (QED) is 0.703. The zero-order chi connectivity index (χ0) is 21.3. The van der Waals surface area contributed by atoms with Gasteiger partial charge in [0, 0.05) is 10.9 Å². The van der Waals surface area contributed by atoms with Crippen LogP contribution < -0.4 is 9.64 Å². The van der Waals surface area contributed by atoms with E-state index in [0.717, 1.165) is 11.3 Å². The Morgan fingerprint density at radius 1 is 1.13 bits per heavy atom. The van der Waals surface area contributed by atoms with Crippen molar-refractivity contribution in [2.24, 2.45) is 4.99 Å². The van der Waals surface area contributed by atoms with E-state index in [0.29, 0.717) is 10.9 Å². The van der Waals surface area contributed by atoms with Gasteiger partial charge in [-0.3, -0.25) is 4.79 Å². The van der Waals surface area contributed by atoms with Crippen molar-refractivity contribution >= 4 is 38.4 Å². The van der Waals surface area contributed by atoms with Crippen LogP contribution in [0.5, 0.6) is 5.75 Å². The van der Waals surface area contributed by atoms with Gasteiger partial charge in [0.1, 0.15) is 5.75 Å². The van der Waals surface area contributed by atoms with Crippen molar-refractivity contribution in [3.63, 3.8) is 0 Å². The van der Waals surface area contributed by atoms with Gasteiger partial charge in [-0.1, -0.05) is 62.0 Å². The van der Waals surface area contributed by atoms with Crippen LogP contribution in [0, 0.1) is 0 Å². The van der Waals surface area contributed by atoms with Crippen molar-refractivity contribution in [3.8, 4) is 5.75 Å². The third-order valence-electron chi connectivity index (χ3n) is 5.21. The first-order valence-electron chi connectivity index (χ1n) is 9.88. The average Bonchev–Trinajstić information content (AvgIpc) is 3.17. The van der Waals surface area contributed by atoms with Crippen molar-refractivity contribution < 1.29 is 17.9 Å². The van der Waals surface area contributed by atoms with Gasteiger partial charge in [-0.05, 0) is 29.7 Å². The molecule has 2 aliphatic rings. The maximum Gasteiger partial charge on any atom is 0.285 e. The van der Waals surface area contributed by atoms with Crippen molar-refractivity contribution in [1.82, 2.24) is 0 Å². The summed E-state index contributed by atoms with van der Waals surface area (Å²) < 4.78 is 30.1. The summed E-state index contributed by atoms with van der Waals surface area (Å²) in [4.78, 5) is 18.8. The number of nitrogens with zero attached hydrogens (tertiary/aromatic N) is 2. The highest BCUT2D eigenvalue weighted by Gasteiger charge is 2.49. The summed E-state index contributed by atoms with van der Waals surface area (Å²) in [6.45, 7) is 4.03. The van der Waals surface area contributed by atoms with Crippen LogP contribution in [-0.4, -0.2) is 48.9 Å². The van der Waals surface area contributed by atoms with E-state index < -0.39 is 15.7 Å². The number of hydrogen-bond donors (Lipinski definition) is 0. The van der Waals surface area contributed by atoms with Gasteiger partial charge in [0.2, 0.25) is 0 Å². The van der Waals surface area contributed by atoms with Crippen LogP contribution in [-0.2, 0) is 14.6 Å². The second kappa shape index (κ2) is 8.43. The first-order chi connectivity index (χ1) is 14.3. The number of hydrogen-bond acceptors (Lipinski definition) is 5. The molecule has 0 aromatic heterocycles. The molecule has 2 saturated heterocycles. The van der Waals surface area contributed by atoms with E-state index in [1.165, 1.54) is 11.8 Å². The molecule has 6 nitrogen and oxygen atoms in total. The van der Waals surface area contributed by atoms with Crippen LogP contribution in [0.25, 0.3) is 0 Å². The summed E-state index contributed by atoms with van der Waals surface area (Å²) in [5.41, 5.74) is 2.02. The number of amides is 1. The van der Waals surface area contributed by atoms with E-state index in [2.05, 4.69) is 18.8 Å². The molecule has 0 spiro atoms. The Morgan fingerprint density at radius 2 is 1.83 bits per heavy atom. The molecule has 2 unspecified atom stereocenters. The zero-order valence-corrected chi connectivity index (χ0v) is 18.5. The highest BCUT2D eigenvalue weighted by atomic mass is 32.2. The standard InChI is InChI=1S/C22H24N2O4S2/c1-15(2)17-10-6-7-11-18(17)24-19-13-30(26,27)14-20(19)29-22(24)23-21(25)12-28-16-8-4-3-5-9-16/h3-11,15,19-20H,12-14H2,1-2H3. The number of para-hydroxylation sites is 2. The van der Waals surface area contributed by atoms with Gasteiger partial charge in [-0.2, -0.15) is 4.99 Å². The second-order valence-electron chi connectivity index (χ2n) is 7.77. The molecule has 30 heavy (non-hydrogen) atoms. The van der Waals surface area contributed by atoms with Gasteiger partial charge in [-0.15, -0.1) is 0 Å². The third-order valence-corrected chi connectivity index (χ3v) is 8.42. The average molecular weight is 445 g/mol. The SMILES string of the molecule is CC(C)c1ccccc1N1C(=NC(=O)COc2ccccc2)SC2CS(=O)(=O)CC21. The monoisotopic (exact) mass is 444 g/mol. The molecule has 2 fully saturated rings. The first-order valence-corrected chi connectivity index (χ1v) is 12.6. The number of carbonyl (C=O) groups is 1. The van der Waals surface area contributed by atoms with E-state index >= 15 is 0 Å². The fourth-order valence-corrected chi connectivity index (χ4v) is 7.77. The van der Waals surface area contributed by atoms with Crippen molar-refractivity contribution in [2.75, 3.05) is 23.0 Å². The minimum Gasteiger partial charge on any atom is -0.484 e. The topological polar surface area (TPSA) is 76.0 Å². The predicted octanol–water partition coefficient (Wildman–Crippen LogP) is 3.49. The number of fused-ring (bicyclic) bond motifs is 1. The number of carbonyl (C=O) groups excluding carboxylic acids is 1. The molecule has 0 saturated carbocycles. The summed E-state index contributed by atoms with van der Waals surface area (Å²) in [5.74, 6) is 0.647. The molecule has 4 rings (SSSR count). The smallest absolute Gasteiger partial charge is 0.285 e. The highest BCUT2D eigenvalue weighted by Crippen LogP contribution is 2.43. The molecule has 0 aliphatic carbocycles. The fourth-order valence-electron chi connectivity index (χ4n) is 3.84. The van der Waals surface area contributed by atoms with Crippen LogP contribution in [0.4, 0.5) is 5.69 Å². The zero-order valence-electron chi connectivity index (χ0n) is 16.9. The molecule has 0 N–H and O–H groups in total. The Bertz CT molecular complexity index is 1070. The first kappa shape index (κ1) is 20.9. The van der Waals surface area contributed by atoms with E-state index in [4.69, 9.17) is 4.74 Å². The molecule has 2 aromatic rings. The minimum atomic E-state index is -3.10. The molecule has 2 aliphatic heterocycles. The predicted molar refractivity (Wildman–Crippen MR) is 121 cm³/mol. The molecule has 8 heteroatoms. The molecule has 2 heterocycles. The lowest BCUT2D eigenvalue weighted by molar-refractivity contribution is -0.119. The summed E-state index contributed by atoms with van der Waals surface area (Å²) in [7, 11) is -3.10. The largest absolute Gasteiger partial charge is 0.484 e. The van der Waals surface area contributed by atoms with Crippen molar-refractivity contribution in [1.29, 1.82) is 0 Å². The van der Waals surface area contributed by atoms with Crippen molar-refractivity contribution in [3.05, 3.63) is 60.2 Å². The summed E-state index contributed by atoms with van der Waals surface area (Å²) in [5, 5.41) is 0.423. The van der Waals surface area contributed by atoms with Crippen molar-refractivity contribution in [2.45, 2.75) is 31.1 Å². The van der Waals surface area contributed by atoms with Crippen LogP contribution in [0.2, 0.25) is 0 Å². The van der Waals surface area contributed by atoms with Crippen LogP contribution >= 0.6 is 11.8 Å². The molecule has 2 aromatic carbocycles. The fraction of sp³-hybridized carbons (Fsp3) is 0.364. The van der Waals surface area contributed by atoms with Gasteiger partial charge in [-0.25, -0.2) is 8.42 Å². The van der Waals surface area contributed by atoms with E-state index in [9.17, 15) is 13.2 Å². The van der Waals surface area contributed by atoms with Gasteiger partial charge < -0.3 is 9.64 Å². The Balaban J connectivity index is 1.63. The lowest BCUT2D eigenvalue weighted by atomic mass is 9.99. The number of benzene rings is 2. The Morgan fingerprint density at radius 3 is 2.57 bits per heavy atom. The Labute approximate surface area is 181 Å². The van der Waals surface area contributed by atoms with Gasteiger partial charge in [0.15, 0.2) is 21.6 Å². The number of thioether (sulfide) groups is 1. The molecular weight excluding hydrogens is 420 g/mol. The maximum atomic E-state index is 12.5. The Kier molecular flexibility index (Phi) is 5.88. The van der Waals surface area contributed by atoms with Gasteiger partial charge >= 0.3 is 0 Å².